The summed E-state index contributed by atoms with van der Waals surface area (Å²) < 4.78 is 50.3. The lowest BCUT2D eigenvalue weighted by Crippen LogP contribution is -2.36. The normalized spacial score (nSPS) is 13.6. The van der Waals surface area contributed by atoms with Crippen LogP contribution >= 0.6 is 11.6 Å². The van der Waals surface area contributed by atoms with E-state index in [1.54, 1.807) is 0 Å². The number of alkyl halides is 3. The van der Waals surface area contributed by atoms with E-state index >= 15 is 0 Å². The first-order valence-corrected chi connectivity index (χ1v) is 6.43. The molecule has 1 N–H and O–H groups in total. The summed E-state index contributed by atoms with van der Waals surface area (Å²) >= 11 is 5.62. The number of rotatable bonds is 6. The van der Waals surface area contributed by atoms with Crippen LogP contribution in [0, 0.1) is 5.82 Å². The van der Waals surface area contributed by atoms with Crippen LogP contribution in [0.1, 0.15) is 25.3 Å². The largest absolute Gasteiger partial charge is 0.390 e. The summed E-state index contributed by atoms with van der Waals surface area (Å²) in [7, 11) is 0. The minimum absolute atomic E-state index is 0.0706. The van der Waals surface area contributed by atoms with Crippen molar-refractivity contribution in [2.24, 2.45) is 0 Å². The van der Waals surface area contributed by atoms with Gasteiger partial charge in [-0.05, 0) is 37.1 Å². The quantitative estimate of drug-likeness (QED) is 0.770. The van der Waals surface area contributed by atoms with Crippen LogP contribution in [0.3, 0.4) is 0 Å². The molecule has 1 unspecified atom stereocenters. The molecule has 19 heavy (non-hydrogen) atoms. The molecule has 1 aromatic rings. The van der Waals surface area contributed by atoms with E-state index in [4.69, 9.17) is 11.6 Å². The highest BCUT2D eigenvalue weighted by atomic mass is 35.5. The molecule has 0 aliphatic carbocycles. The Kier molecular flexibility index (Phi) is 6.07. The summed E-state index contributed by atoms with van der Waals surface area (Å²) in [5.74, 6) is -0.570. The molecule has 1 aromatic carbocycles. The van der Waals surface area contributed by atoms with E-state index < -0.39 is 24.5 Å². The van der Waals surface area contributed by atoms with Gasteiger partial charge in [-0.15, -0.1) is 0 Å². The zero-order valence-electron chi connectivity index (χ0n) is 10.5. The Labute approximate surface area is 115 Å². The van der Waals surface area contributed by atoms with Crippen molar-refractivity contribution in [1.82, 2.24) is 5.32 Å². The van der Waals surface area contributed by atoms with Crippen molar-refractivity contribution in [3.05, 3.63) is 34.6 Å². The van der Waals surface area contributed by atoms with Crippen molar-refractivity contribution in [3.63, 3.8) is 0 Å². The van der Waals surface area contributed by atoms with E-state index in [9.17, 15) is 17.6 Å². The van der Waals surface area contributed by atoms with Gasteiger partial charge in [-0.3, -0.25) is 0 Å². The molecule has 0 aliphatic rings. The monoisotopic (exact) mass is 297 g/mol. The Balaban J connectivity index is 2.72. The van der Waals surface area contributed by atoms with Crippen LogP contribution in [-0.2, 0) is 6.42 Å². The van der Waals surface area contributed by atoms with Crippen molar-refractivity contribution >= 4 is 11.6 Å². The second-order valence-electron chi connectivity index (χ2n) is 4.42. The minimum Gasteiger partial charge on any atom is -0.313 e. The molecule has 0 radical (unpaired) electrons. The van der Waals surface area contributed by atoms with Crippen molar-refractivity contribution in [2.75, 3.05) is 6.54 Å². The van der Waals surface area contributed by atoms with Gasteiger partial charge >= 0.3 is 6.18 Å². The summed E-state index contributed by atoms with van der Waals surface area (Å²) in [5.41, 5.74) is 0.587. The predicted octanol–water partition coefficient (Wildman–Crippen LogP) is 4.34. The molecular weight excluding hydrogens is 282 g/mol. The van der Waals surface area contributed by atoms with E-state index in [1.165, 1.54) is 18.2 Å². The van der Waals surface area contributed by atoms with Crippen molar-refractivity contribution in [2.45, 2.75) is 38.4 Å². The van der Waals surface area contributed by atoms with Gasteiger partial charge in [0.05, 0.1) is 11.4 Å². The topological polar surface area (TPSA) is 12.0 Å². The molecule has 0 aromatic heterocycles. The fourth-order valence-electron chi connectivity index (χ4n) is 1.80. The van der Waals surface area contributed by atoms with Crippen LogP contribution in [0.15, 0.2) is 18.2 Å². The van der Waals surface area contributed by atoms with Gasteiger partial charge in [-0.25, -0.2) is 4.39 Å². The molecule has 0 spiro atoms. The lowest BCUT2D eigenvalue weighted by molar-refractivity contribution is -0.139. The van der Waals surface area contributed by atoms with Crippen LogP contribution in [-0.4, -0.2) is 18.8 Å². The SMILES string of the molecule is CCCNC(Cc1ccc(F)c(Cl)c1)CC(F)(F)F. The highest BCUT2D eigenvalue weighted by molar-refractivity contribution is 6.30. The molecule has 108 valence electrons. The fraction of sp³-hybridized carbons (Fsp3) is 0.538. The summed E-state index contributed by atoms with van der Waals surface area (Å²) in [6.45, 7) is 2.39. The van der Waals surface area contributed by atoms with Gasteiger partial charge in [0.25, 0.3) is 0 Å². The number of hydrogen-bond donors (Lipinski definition) is 1. The van der Waals surface area contributed by atoms with E-state index in [-0.39, 0.29) is 11.4 Å². The molecule has 0 saturated carbocycles. The summed E-state index contributed by atoms with van der Waals surface area (Å²) in [6.07, 6.45) is -4.23. The molecule has 1 rings (SSSR count). The molecule has 1 atom stereocenters. The highest BCUT2D eigenvalue weighted by Crippen LogP contribution is 2.24. The Morgan fingerprint density at radius 3 is 2.53 bits per heavy atom. The molecule has 0 aliphatic heterocycles. The van der Waals surface area contributed by atoms with Crippen molar-refractivity contribution in [1.29, 1.82) is 0 Å². The maximum atomic E-state index is 13.0. The van der Waals surface area contributed by atoms with Gasteiger partial charge in [0.2, 0.25) is 0 Å². The van der Waals surface area contributed by atoms with Crippen LogP contribution in [0.2, 0.25) is 5.02 Å². The maximum absolute atomic E-state index is 13.0. The van der Waals surface area contributed by atoms with Gasteiger partial charge < -0.3 is 5.32 Å². The molecule has 0 heterocycles. The second kappa shape index (κ2) is 7.10. The maximum Gasteiger partial charge on any atom is 0.390 e. The molecular formula is C13H16ClF4N. The first kappa shape index (κ1) is 16.2. The number of halogens is 5. The lowest BCUT2D eigenvalue weighted by Gasteiger charge is -2.20. The van der Waals surface area contributed by atoms with Crippen LogP contribution in [0.5, 0.6) is 0 Å². The zero-order chi connectivity index (χ0) is 14.5. The Hall–Kier alpha value is -0.810. The van der Waals surface area contributed by atoms with E-state index in [0.29, 0.717) is 12.1 Å². The summed E-state index contributed by atoms with van der Waals surface area (Å²) in [6, 6.07) is 3.27. The molecule has 0 bridgehead atoms. The molecule has 0 fully saturated rings. The van der Waals surface area contributed by atoms with Crippen LogP contribution in [0.4, 0.5) is 17.6 Å². The van der Waals surface area contributed by atoms with Crippen LogP contribution in [0.25, 0.3) is 0 Å². The number of hydrogen-bond acceptors (Lipinski definition) is 1. The van der Waals surface area contributed by atoms with Gasteiger partial charge in [0.1, 0.15) is 5.82 Å². The van der Waals surface area contributed by atoms with Gasteiger partial charge in [0.15, 0.2) is 0 Å². The van der Waals surface area contributed by atoms with E-state index in [2.05, 4.69) is 5.32 Å². The summed E-state index contributed by atoms with van der Waals surface area (Å²) in [4.78, 5) is 0. The predicted molar refractivity (Wildman–Crippen MR) is 67.9 cm³/mol. The third kappa shape index (κ3) is 6.25. The first-order chi connectivity index (χ1) is 8.81. The Morgan fingerprint density at radius 1 is 1.32 bits per heavy atom. The molecule has 6 heteroatoms. The van der Waals surface area contributed by atoms with Crippen molar-refractivity contribution in [3.8, 4) is 0 Å². The third-order valence-corrected chi connectivity index (χ3v) is 2.92. The smallest absolute Gasteiger partial charge is 0.313 e. The van der Waals surface area contributed by atoms with Gasteiger partial charge in [-0.2, -0.15) is 13.2 Å². The van der Waals surface area contributed by atoms with Gasteiger partial charge in [-0.1, -0.05) is 24.6 Å². The molecule has 0 saturated heterocycles. The minimum atomic E-state index is -4.23. The van der Waals surface area contributed by atoms with Gasteiger partial charge in [0, 0.05) is 6.04 Å². The average molecular weight is 298 g/mol. The van der Waals surface area contributed by atoms with E-state index in [0.717, 1.165) is 6.42 Å². The lowest BCUT2D eigenvalue weighted by atomic mass is 10.0. The number of nitrogens with one attached hydrogen (secondary N) is 1. The summed E-state index contributed by atoms with van der Waals surface area (Å²) in [5, 5.41) is 2.78. The van der Waals surface area contributed by atoms with Crippen molar-refractivity contribution < 1.29 is 17.6 Å². The highest BCUT2D eigenvalue weighted by Gasteiger charge is 2.31. The first-order valence-electron chi connectivity index (χ1n) is 6.06. The second-order valence-corrected chi connectivity index (χ2v) is 4.83. The molecule has 1 nitrogen and oxygen atoms in total. The fourth-order valence-corrected chi connectivity index (χ4v) is 2.00. The Morgan fingerprint density at radius 2 is 2.00 bits per heavy atom. The standard InChI is InChI=1S/C13H16ClF4N/c1-2-5-19-10(8-13(16,17)18)6-9-3-4-12(15)11(14)7-9/h3-4,7,10,19H,2,5-6,8H2,1H3. The Bertz CT molecular complexity index is 406. The average Bonchev–Trinajstić information content (AvgIpc) is 2.29. The molecule has 0 amide bonds. The number of benzene rings is 1. The zero-order valence-corrected chi connectivity index (χ0v) is 11.3. The van der Waals surface area contributed by atoms with Crippen LogP contribution < -0.4 is 5.32 Å². The van der Waals surface area contributed by atoms with E-state index in [1.807, 2.05) is 6.92 Å². The third-order valence-electron chi connectivity index (χ3n) is 2.63.